The topological polar surface area (TPSA) is 49.4 Å². The normalized spacial score (nSPS) is 16.5. The van der Waals surface area contributed by atoms with Crippen LogP contribution in [0.4, 0.5) is 18.9 Å². The van der Waals surface area contributed by atoms with Gasteiger partial charge in [0.15, 0.2) is 0 Å². The van der Waals surface area contributed by atoms with Crippen molar-refractivity contribution in [3.05, 3.63) is 28.8 Å². The van der Waals surface area contributed by atoms with E-state index in [9.17, 15) is 22.8 Å². The van der Waals surface area contributed by atoms with Crippen LogP contribution in [0.15, 0.2) is 18.2 Å². The van der Waals surface area contributed by atoms with E-state index in [1.807, 2.05) is 0 Å². The van der Waals surface area contributed by atoms with Crippen molar-refractivity contribution >= 4 is 29.1 Å². The van der Waals surface area contributed by atoms with Crippen LogP contribution in [0, 0.1) is 0 Å². The summed E-state index contributed by atoms with van der Waals surface area (Å²) in [5.74, 6) is -1.11. The molecule has 0 aromatic heterocycles. The fourth-order valence-electron chi connectivity index (χ4n) is 1.75. The number of nitrogens with zero attached hydrogens (tertiary/aromatic N) is 1. The van der Waals surface area contributed by atoms with E-state index in [1.54, 1.807) is 0 Å². The zero-order chi connectivity index (χ0) is 14.2. The summed E-state index contributed by atoms with van der Waals surface area (Å²) in [5.41, 5.74) is -0.870. The van der Waals surface area contributed by atoms with E-state index >= 15 is 0 Å². The molecule has 1 heterocycles. The Morgan fingerprint density at radius 3 is 2.26 bits per heavy atom. The van der Waals surface area contributed by atoms with Gasteiger partial charge in [-0.2, -0.15) is 13.2 Å². The molecule has 0 radical (unpaired) electrons. The molecule has 19 heavy (non-hydrogen) atoms. The largest absolute Gasteiger partial charge is 0.417 e. The van der Waals surface area contributed by atoms with E-state index in [-0.39, 0.29) is 18.8 Å². The van der Waals surface area contributed by atoms with Crippen molar-refractivity contribution in [2.45, 2.75) is 6.18 Å². The summed E-state index contributed by atoms with van der Waals surface area (Å²) in [6, 6.07) is 3.26. The molecule has 1 N–H and O–H groups in total. The molecule has 0 aliphatic carbocycles. The zero-order valence-electron chi connectivity index (χ0n) is 9.42. The fraction of sp³-hybridized carbons (Fsp3) is 0.273. The van der Waals surface area contributed by atoms with Crippen molar-refractivity contribution in [1.82, 2.24) is 5.32 Å². The van der Waals surface area contributed by atoms with E-state index in [4.69, 9.17) is 11.6 Å². The molecule has 0 spiro atoms. The second kappa shape index (κ2) is 4.73. The van der Waals surface area contributed by atoms with E-state index in [0.29, 0.717) is 0 Å². The van der Waals surface area contributed by atoms with E-state index in [2.05, 4.69) is 5.32 Å². The van der Waals surface area contributed by atoms with Crippen molar-refractivity contribution in [1.29, 1.82) is 0 Å². The predicted molar refractivity (Wildman–Crippen MR) is 61.8 cm³/mol. The van der Waals surface area contributed by atoms with Gasteiger partial charge in [0.05, 0.1) is 23.7 Å². The number of hydrogen-bond donors (Lipinski definition) is 1. The fourth-order valence-corrected chi connectivity index (χ4v) is 1.97. The molecule has 1 aromatic rings. The van der Waals surface area contributed by atoms with E-state index in [1.165, 1.54) is 11.0 Å². The van der Waals surface area contributed by atoms with Gasteiger partial charge >= 0.3 is 6.18 Å². The maximum atomic E-state index is 12.7. The molecule has 1 saturated heterocycles. The molecule has 102 valence electrons. The van der Waals surface area contributed by atoms with Crippen molar-refractivity contribution in [2.75, 3.05) is 18.0 Å². The minimum atomic E-state index is -4.59. The molecule has 0 saturated carbocycles. The maximum Gasteiger partial charge on any atom is 0.417 e. The number of carbonyl (C=O) groups excluding carboxylic acids is 2. The molecular formula is C11H8ClF3N2O2. The van der Waals surface area contributed by atoms with Crippen LogP contribution in [0.3, 0.4) is 0 Å². The Bertz CT molecular complexity index is 529. The molecule has 1 aliphatic heterocycles. The second-order valence-corrected chi connectivity index (χ2v) is 4.40. The van der Waals surface area contributed by atoms with Crippen LogP contribution in [0.25, 0.3) is 0 Å². The number of rotatable bonds is 1. The van der Waals surface area contributed by atoms with Gasteiger partial charge in [-0.1, -0.05) is 11.6 Å². The van der Waals surface area contributed by atoms with Crippen LogP contribution in [0.5, 0.6) is 0 Å². The number of amides is 2. The molecule has 2 amide bonds. The highest BCUT2D eigenvalue weighted by molar-refractivity contribution is 6.31. The van der Waals surface area contributed by atoms with Gasteiger partial charge in [-0.05, 0) is 18.2 Å². The zero-order valence-corrected chi connectivity index (χ0v) is 10.2. The lowest BCUT2D eigenvalue weighted by Crippen LogP contribution is -2.51. The van der Waals surface area contributed by atoms with Gasteiger partial charge in [0.2, 0.25) is 11.8 Å². The van der Waals surface area contributed by atoms with Crippen molar-refractivity contribution in [3.63, 3.8) is 0 Å². The van der Waals surface area contributed by atoms with Gasteiger partial charge in [-0.3, -0.25) is 14.9 Å². The smallest absolute Gasteiger partial charge is 0.353 e. The molecule has 8 heteroatoms. The van der Waals surface area contributed by atoms with Gasteiger partial charge in [0, 0.05) is 5.69 Å². The minimum Gasteiger partial charge on any atom is -0.353 e. The summed E-state index contributed by atoms with van der Waals surface area (Å²) < 4.78 is 38.1. The summed E-state index contributed by atoms with van der Waals surface area (Å²) in [4.78, 5) is 23.6. The molecule has 0 atom stereocenters. The maximum absolute atomic E-state index is 12.7. The van der Waals surface area contributed by atoms with E-state index < -0.39 is 28.6 Å². The lowest BCUT2D eigenvalue weighted by Gasteiger charge is -2.28. The average molecular weight is 293 g/mol. The van der Waals surface area contributed by atoms with Gasteiger partial charge in [-0.15, -0.1) is 0 Å². The molecular weight excluding hydrogens is 285 g/mol. The number of alkyl halides is 3. The Kier molecular flexibility index (Phi) is 3.40. The lowest BCUT2D eigenvalue weighted by molar-refractivity contribution is -0.137. The number of anilines is 1. The number of piperazine rings is 1. The first kappa shape index (κ1) is 13.7. The summed E-state index contributed by atoms with van der Waals surface area (Å²) in [6.07, 6.45) is -4.59. The number of halogens is 4. The Morgan fingerprint density at radius 1 is 1.16 bits per heavy atom. The predicted octanol–water partition coefficient (Wildman–Crippen LogP) is 1.82. The molecule has 4 nitrogen and oxygen atoms in total. The molecule has 0 bridgehead atoms. The third-order valence-corrected chi connectivity index (χ3v) is 2.90. The summed E-state index contributed by atoms with van der Waals surface area (Å²) in [6.45, 7) is -0.352. The Labute approximate surface area is 111 Å². The SMILES string of the molecule is O=C1CN(c2ccc(Cl)c(C(F)(F)F)c2)CC(=O)N1. The Balaban J connectivity index is 2.36. The lowest BCUT2D eigenvalue weighted by atomic mass is 10.1. The van der Waals surface area contributed by atoms with Crippen LogP contribution in [-0.4, -0.2) is 24.9 Å². The molecule has 2 rings (SSSR count). The van der Waals surface area contributed by atoms with Gasteiger partial charge < -0.3 is 4.90 Å². The Morgan fingerprint density at radius 2 is 1.74 bits per heavy atom. The third-order valence-electron chi connectivity index (χ3n) is 2.57. The van der Waals surface area contributed by atoms with Crippen molar-refractivity contribution in [3.8, 4) is 0 Å². The highest BCUT2D eigenvalue weighted by Gasteiger charge is 2.34. The highest BCUT2D eigenvalue weighted by Crippen LogP contribution is 2.36. The van der Waals surface area contributed by atoms with Crippen LogP contribution < -0.4 is 10.2 Å². The van der Waals surface area contributed by atoms with Gasteiger partial charge in [-0.25, -0.2) is 0 Å². The van der Waals surface area contributed by atoms with Gasteiger partial charge in [0.1, 0.15) is 0 Å². The third kappa shape index (κ3) is 2.98. The van der Waals surface area contributed by atoms with Crippen molar-refractivity contribution in [2.24, 2.45) is 0 Å². The van der Waals surface area contributed by atoms with Gasteiger partial charge in [0.25, 0.3) is 0 Å². The molecule has 1 aliphatic rings. The highest BCUT2D eigenvalue weighted by atomic mass is 35.5. The monoisotopic (exact) mass is 292 g/mol. The van der Waals surface area contributed by atoms with E-state index in [0.717, 1.165) is 12.1 Å². The quantitative estimate of drug-likeness (QED) is 0.803. The number of benzene rings is 1. The van der Waals surface area contributed by atoms with Crippen LogP contribution in [-0.2, 0) is 15.8 Å². The molecule has 0 unspecified atom stereocenters. The second-order valence-electron chi connectivity index (χ2n) is 3.99. The molecule has 1 aromatic carbocycles. The molecule has 1 fully saturated rings. The standard InChI is InChI=1S/C11H8ClF3N2O2/c12-8-2-1-6(3-7(8)11(13,14)15)17-4-9(18)16-10(19)5-17/h1-3H,4-5H2,(H,16,18,19). The summed E-state index contributed by atoms with van der Waals surface area (Å²) in [7, 11) is 0. The average Bonchev–Trinajstić information content (AvgIpc) is 2.26. The van der Waals surface area contributed by atoms with Crippen LogP contribution in [0.1, 0.15) is 5.56 Å². The number of carbonyl (C=O) groups is 2. The number of nitrogens with one attached hydrogen (secondary N) is 1. The van der Waals surface area contributed by atoms with Crippen molar-refractivity contribution < 1.29 is 22.8 Å². The Hall–Kier alpha value is -1.76. The first-order valence-electron chi connectivity index (χ1n) is 5.22. The van der Waals surface area contributed by atoms with Crippen LogP contribution in [0.2, 0.25) is 5.02 Å². The summed E-state index contributed by atoms with van der Waals surface area (Å²) in [5, 5.41) is 1.64. The number of imide groups is 1. The minimum absolute atomic E-state index is 0.125. The van der Waals surface area contributed by atoms with Crippen LogP contribution >= 0.6 is 11.6 Å². The summed E-state index contributed by atoms with van der Waals surface area (Å²) >= 11 is 5.49. The number of hydrogen-bond acceptors (Lipinski definition) is 3. The first-order chi connectivity index (χ1) is 8.77. The first-order valence-corrected chi connectivity index (χ1v) is 5.59.